The maximum Gasteiger partial charge on any atom is 0.418 e. The zero-order valence-electron chi connectivity index (χ0n) is 20.5. The van der Waals surface area contributed by atoms with Crippen molar-refractivity contribution < 1.29 is 22.7 Å². The zero-order chi connectivity index (χ0) is 26.7. The summed E-state index contributed by atoms with van der Waals surface area (Å²) in [6.45, 7) is 4.07. The first-order valence-electron chi connectivity index (χ1n) is 11.7. The van der Waals surface area contributed by atoms with Crippen LogP contribution in [0.2, 0.25) is 0 Å². The number of amides is 1. The van der Waals surface area contributed by atoms with Crippen molar-refractivity contribution in [3.8, 4) is 11.6 Å². The highest BCUT2D eigenvalue weighted by molar-refractivity contribution is 5.96. The van der Waals surface area contributed by atoms with E-state index in [1.165, 1.54) is 12.1 Å². The number of rotatable bonds is 7. The molecule has 9 nitrogen and oxygen atoms in total. The molecule has 0 atom stereocenters. The van der Waals surface area contributed by atoms with E-state index in [1.807, 2.05) is 7.05 Å². The Balaban J connectivity index is 1.71. The molecular weight excluding hydrogens is 487 g/mol. The number of carbonyl (C=O) groups excluding carboxylic acids is 1. The molecule has 1 aliphatic heterocycles. The van der Waals surface area contributed by atoms with Crippen LogP contribution >= 0.6 is 0 Å². The molecule has 1 aromatic heterocycles. The van der Waals surface area contributed by atoms with Gasteiger partial charge in [-0.25, -0.2) is 4.98 Å². The lowest BCUT2D eigenvalue weighted by atomic mass is 10.1. The Hall–Kier alpha value is -4.06. The number of nitrogens with zero attached hydrogens (tertiary/aromatic N) is 4. The second-order valence-electron chi connectivity index (χ2n) is 8.71. The summed E-state index contributed by atoms with van der Waals surface area (Å²) in [5.41, 5.74) is 11.3. The van der Waals surface area contributed by atoms with Gasteiger partial charge in [-0.05, 0) is 43.8 Å². The fraction of sp³-hybridized carbons (Fsp3) is 0.320. The third kappa shape index (κ3) is 6.02. The summed E-state index contributed by atoms with van der Waals surface area (Å²) in [7, 11) is 1.93. The highest BCUT2D eigenvalue weighted by Crippen LogP contribution is 2.39. The van der Waals surface area contributed by atoms with Crippen molar-refractivity contribution in [2.24, 2.45) is 5.73 Å². The number of ether oxygens (including phenoxy) is 1. The topological polar surface area (TPSA) is 123 Å². The highest BCUT2D eigenvalue weighted by Gasteiger charge is 2.36. The number of halogens is 3. The van der Waals surface area contributed by atoms with Gasteiger partial charge < -0.3 is 31.3 Å². The largest absolute Gasteiger partial charge is 0.437 e. The van der Waals surface area contributed by atoms with Crippen molar-refractivity contribution >= 4 is 28.8 Å². The zero-order valence-corrected chi connectivity index (χ0v) is 20.5. The van der Waals surface area contributed by atoms with Crippen molar-refractivity contribution in [2.75, 3.05) is 49.2 Å². The quantitative estimate of drug-likeness (QED) is 0.403. The van der Waals surface area contributed by atoms with Crippen LogP contribution in [-0.4, -0.2) is 54.0 Å². The summed E-state index contributed by atoms with van der Waals surface area (Å²) < 4.78 is 48.0. The Morgan fingerprint density at radius 2 is 1.84 bits per heavy atom. The van der Waals surface area contributed by atoms with E-state index in [1.54, 1.807) is 36.1 Å². The Bertz CT molecular complexity index is 1290. The molecule has 196 valence electrons. The lowest BCUT2D eigenvalue weighted by Gasteiger charge is -2.35. The highest BCUT2D eigenvalue weighted by atomic mass is 19.4. The van der Waals surface area contributed by atoms with E-state index < -0.39 is 17.6 Å². The molecule has 4 rings (SSSR count). The fourth-order valence-electron chi connectivity index (χ4n) is 4.02. The van der Waals surface area contributed by atoms with Crippen LogP contribution in [0.5, 0.6) is 11.6 Å². The van der Waals surface area contributed by atoms with Gasteiger partial charge in [-0.3, -0.25) is 4.79 Å². The number of alkyl halides is 3. The number of anilines is 4. The van der Waals surface area contributed by atoms with Crippen LogP contribution < -0.4 is 26.4 Å². The predicted molar refractivity (Wildman–Crippen MR) is 135 cm³/mol. The van der Waals surface area contributed by atoms with Crippen molar-refractivity contribution in [3.63, 3.8) is 0 Å². The second-order valence-corrected chi connectivity index (χ2v) is 8.71. The maximum absolute atomic E-state index is 14.0. The number of hydrogen-bond acceptors (Lipinski definition) is 8. The van der Waals surface area contributed by atoms with Crippen LogP contribution in [0, 0.1) is 0 Å². The molecule has 1 fully saturated rings. The molecule has 1 amide bonds. The van der Waals surface area contributed by atoms with Gasteiger partial charge in [0.15, 0.2) is 11.5 Å². The smallest absolute Gasteiger partial charge is 0.418 e. The van der Waals surface area contributed by atoms with E-state index in [0.717, 1.165) is 6.07 Å². The molecule has 2 aromatic carbocycles. The van der Waals surface area contributed by atoms with Crippen molar-refractivity contribution in [2.45, 2.75) is 19.5 Å². The van der Waals surface area contributed by atoms with Crippen molar-refractivity contribution in [1.82, 2.24) is 14.9 Å². The van der Waals surface area contributed by atoms with E-state index in [9.17, 15) is 18.0 Å². The number of aryl methyl sites for hydroxylation is 1. The number of hydrogen-bond donors (Lipinski definition) is 3. The number of piperazine rings is 1. The third-order valence-electron chi connectivity index (χ3n) is 5.98. The number of primary amides is 1. The minimum Gasteiger partial charge on any atom is -0.437 e. The molecule has 5 N–H and O–H groups in total. The molecule has 0 saturated carbocycles. The Morgan fingerprint density at radius 1 is 1.11 bits per heavy atom. The van der Waals surface area contributed by atoms with Crippen LogP contribution in [0.4, 0.5) is 36.1 Å². The number of nitrogen functional groups attached to an aromatic ring is 1. The first-order chi connectivity index (χ1) is 17.5. The van der Waals surface area contributed by atoms with Gasteiger partial charge in [-0.1, -0.05) is 13.0 Å². The molecule has 0 radical (unpaired) electrons. The van der Waals surface area contributed by atoms with E-state index in [-0.39, 0.29) is 28.8 Å². The van der Waals surface area contributed by atoms with Gasteiger partial charge in [0.2, 0.25) is 5.88 Å². The lowest BCUT2D eigenvalue weighted by molar-refractivity contribution is -0.137. The molecule has 0 aliphatic carbocycles. The monoisotopic (exact) mass is 515 g/mol. The van der Waals surface area contributed by atoms with Gasteiger partial charge in [0, 0.05) is 49.3 Å². The molecule has 1 saturated heterocycles. The Morgan fingerprint density at radius 3 is 2.46 bits per heavy atom. The summed E-state index contributed by atoms with van der Waals surface area (Å²) in [6, 6.07) is 10.5. The van der Waals surface area contributed by atoms with Crippen LogP contribution in [0.25, 0.3) is 0 Å². The standard InChI is InChI=1S/C25H28F3N7O2/c1-3-19-24(37-17-6-4-5-15(29)13-17)33-23(21(32-19)22(30)36)31-16-7-8-20(18(14-16)25(26,27)28)35-11-9-34(2)10-12-35/h4-8,13-14H,3,9-12,29H2,1-2H3,(H2,30,36)(H,31,33). The minimum atomic E-state index is -4.60. The van der Waals surface area contributed by atoms with E-state index in [2.05, 4.69) is 20.2 Å². The average Bonchev–Trinajstić information content (AvgIpc) is 2.84. The van der Waals surface area contributed by atoms with Gasteiger partial charge in [0.1, 0.15) is 11.4 Å². The van der Waals surface area contributed by atoms with Crippen LogP contribution in [0.1, 0.15) is 28.7 Å². The number of nitrogens with one attached hydrogen (secondary N) is 1. The van der Waals surface area contributed by atoms with Crippen LogP contribution in [0.15, 0.2) is 42.5 Å². The molecule has 2 heterocycles. The molecular formula is C25H28F3N7O2. The van der Waals surface area contributed by atoms with Gasteiger partial charge in [-0.2, -0.15) is 18.2 Å². The molecule has 0 unspecified atom stereocenters. The molecule has 3 aromatic rings. The number of likely N-dealkylation sites (N-methyl/N-ethyl adjacent to an activating group) is 1. The van der Waals surface area contributed by atoms with Gasteiger partial charge >= 0.3 is 6.18 Å². The normalized spacial score (nSPS) is 14.5. The van der Waals surface area contributed by atoms with Crippen LogP contribution in [-0.2, 0) is 12.6 Å². The average molecular weight is 516 g/mol. The first kappa shape index (κ1) is 26.0. The number of carbonyl (C=O) groups is 1. The summed E-state index contributed by atoms with van der Waals surface area (Å²) in [5, 5.41) is 2.79. The van der Waals surface area contributed by atoms with Crippen LogP contribution in [0.3, 0.4) is 0 Å². The summed E-state index contributed by atoms with van der Waals surface area (Å²) in [6.07, 6.45) is -4.23. The van der Waals surface area contributed by atoms with Gasteiger partial charge in [-0.15, -0.1) is 0 Å². The summed E-state index contributed by atoms with van der Waals surface area (Å²) in [5.74, 6) is -0.544. The molecule has 0 bridgehead atoms. The molecule has 37 heavy (non-hydrogen) atoms. The molecule has 12 heteroatoms. The summed E-state index contributed by atoms with van der Waals surface area (Å²) in [4.78, 5) is 24.6. The van der Waals surface area contributed by atoms with Crippen molar-refractivity contribution in [1.29, 1.82) is 0 Å². The van der Waals surface area contributed by atoms with E-state index in [4.69, 9.17) is 16.2 Å². The molecule has 1 aliphatic rings. The SMILES string of the molecule is CCc1nc(C(N)=O)c(Nc2ccc(N3CCN(C)CC3)c(C(F)(F)F)c2)nc1Oc1cccc(N)c1. The molecule has 0 spiro atoms. The number of benzene rings is 2. The van der Waals surface area contributed by atoms with Gasteiger partial charge in [0.05, 0.1) is 5.56 Å². The second kappa shape index (κ2) is 10.5. The van der Waals surface area contributed by atoms with E-state index >= 15 is 0 Å². The Kier molecular flexibility index (Phi) is 7.39. The third-order valence-corrected chi connectivity index (χ3v) is 5.98. The minimum absolute atomic E-state index is 0.0705. The first-order valence-corrected chi connectivity index (χ1v) is 11.7. The number of aromatic nitrogens is 2. The van der Waals surface area contributed by atoms with E-state index in [0.29, 0.717) is 49.7 Å². The Labute approximate surface area is 212 Å². The lowest BCUT2D eigenvalue weighted by Crippen LogP contribution is -2.45. The summed E-state index contributed by atoms with van der Waals surface area (Å²) >= 11 is 0. The number of nitrogens with two attached hydrogens (primary N) is 2. The van der Waals surface area contributed by atoms with Crippen molar-refractivity contribution in [3.05, 3.63) is 59.4 Å². The maximum atomic E-state index is 14.0. The fourth-order valence-corrected chi connectivity index (χ4v) is 4.02. The van der Waals surface area contributed by atoms with Gasteiger partial charge in [0.25, 0.3) is 5.91 Å². The predicted octanol–water partition coefficient (Wildman–Crippen LogP) is 4.03.